The lowest BCUT2D eigenvalue weighted by atomic mass is 10.0. The van der Waals surface area contributed by atoms with Crippen molar-refractivity contribution in [2.24, 2.45) is 0 Å². The number of anilines is 1. The number of fused-ring (bicyclic) bond motifs is 1. The Kier molecular flexibility index (Phi) is 4.96. The Labute approximate surface area is 158 Å². The monoisotopic (exact) mass is 365 g/mol. The van der Waals surface area contributed by atoms with Crippen LogP contribution in [0.2, 0.25) is 0 Å². The number of nitrogens with zero attached hydrogens (tertiary/aromatic N) is 3. The summed E-state index contributed by atoms with van der Waals surface area (Å²) < 4.78 is 16.6. The first-order valence-electron chi connectivity index (χ1n) is 9.25. The third-order valence-electron chi connectivity index (χ3n) is 4.72. The van der Waals surface area contributed by atoms with Gasteiger partial charge in [0.1, 0.15) is 11.5 Å². The predicted octanol–water partition coefficient (Wildman–Crippen LogP) is 4.10. The van der Waals surface area contributed by atoms with E-state index in [4.69, 9.17) is 14.0 Å². The molecule has 2 heterocycles. The summed E-state index contributed by atoms with van der Waals surface area (Å²) in [7, 11) is 1.70. The molecular weight excluding hydrogens is 342 g/mol. The Bertz CT molecular complexity index is 923. The maximum atomic E-state index is 5.67. The van der Waals surface area contributed by atoms with E-state index < -0.39 is 0 Å². The van der Waals surface area contributed by atoms with Crippen molar-refractivity contribution in [3.8, 4) is 22.9 Å². The van der Waals surface area contributed by atoms with Crippen LogP contribution >= 0.6 is 0 Å². The van der Waals surface area contributed by atoms with Crippen LogP contribution in [0.3, 0.4) is 0 Å². The molecule has 6 nitrogen and oxygen atoms in total. The third kappa shape index (κ3) is 3.60. The molecule has 0 bridgehead atoms. The quantitative estimate of drug-likeness (QED) is 0.655. The van der Waals surface area contributed by atoms with Crippen molar-refractivity contribution in [2.75, 3.05) is 25.2 Å². The zero-order valence-electron chi connectivity index (χ0n) is 15.6. The summed E-state index contributed by atoms with van der Waals surface area (Å²) in [6.45, 7) is 4.10. The fourth-order valence-corrected chi connectivity index (χ4v) is 3.47. The van der Waals surface area contributed by atoms with Gasteiger partial charge in [-0.1, -0.05) is 17.3 Å². The van der Waals surface area contributed by atoms with Crippen molar-refractivity contribution < 1.29 is 14.0 Å². The second kappa shape index (κ2) is 7.70. The third-order valence-corrected chi connectivity index (χ3v) is 4.72. The van der Waals surface area contributed by atoms with E-state index in [-0.39, 0.29) is 0 Å². The lowest BCUT2D eigenvalue weighted by Gasteiger charge is -2.30. The minimum absolute atomic E-state index is 0.556. The molecule has 0 saturated carbocycles. The first-order chi connectivity index (χ1) is 13.3. The molecule has 0 atom stereocenters. The van der Waals surface area contributed by atoms with Gasteiger partial charge in [0.2, 0.25) is 11.7 Å². The molecule has 1 aliphatic heterocycles. The van der Waals surface area contributed by atoms with Gasteiger partial charge in [0.15, 0.2) is 0 Å². The van der Waals surface area contributed by atoms with Crippen molar-refractivity contribution in [1.29, 1.82) is 0 Å². The van der Waals surface area contributed by atoms with Crippen molar-refractivity contribution in [3.05, 3.63) is 53.9 Å². The van der Waals surface area contributed by atoms with E-state index in [9.17, 15) is 0 Å². The van der Waals surface area contributed by atoms with Gasteiger partial charge in [0.05, 0.1) is 25.8 Å². The van der Waals surface area contributed by atoms with Crippen molar-refractivity contribution in [2.45, 2.75) is 26.3 Å². The average molecular weight is 365 g/mol. The molecule has 0 fully saturated rings. The molecule has 0 N–H and O–H groups in total. The molecule has 6 heteroatoms. The topological polar surface area (TPSA) is 60.6 Å². The summed E-state index contributed by atoms with van der Waals surface area (Å²) >= 11 is 0. The lowest BCUT2D eigenvalue weighted by molar-refractivity contribution is 0.340. The number of hydrogen-bond donors (Lipinski definition) is 0. The van der Waals surface area contributed by atoms with Gasteiger partial charge in [-0.3, -0.25) is 0 Å². The SMILES string of the molecule is CCOc1ccccc1-c1noc(CN2CCCc3cc(OC)ccc32)n1. The fourth-order valence-electron chi connectivity index (χ4n) is 3.47. The second-order valence-electron chi connectivity index (χ2n) is 6.46. The van der Waals surface area contributed by atoms with Gasteiger partial charge >= 0.3 is 0 Å². The van der Waals surface area contributed by atoms with Gasteiger partial charge in [-0.15, -0.1) is 0 Å². The van der Waals surface area contributed by atoms with E-state index >= 15 is 0 Å². The van der Waals surface area contributed by atoms with Crippen LogP contribution in [-0.2, 0) is 13.0 Å². The zero-order valence-corrected chi connectivity index (χ0v) is 15.6. The van der Waals surface area contributed by atoms with Crippen molar-refractivity contribution in [1.82, 2.24) is 10.1 Å². The van der Waals surface area contributed by atoms with Gasteiger partial charge in [0.25, 0.3) is 0 Å². The number of para-hydroxylation sites is 1. The fraction of sp³-hybridized carbons (Fsp3) is 0.333. The molecule has 0 aliphatic carbocycles. The molecule has 0 spiro atoms. The van der Waals surface area contributed by atoms with Gasteiger partial charge in [-0.05, 0) is 55.7 Å². The Morgan fingerprint density at radius 2 is 2.07 bits per heavy atom. The Balaban J connectivity index is 1.56. The van der Waals surface area contributed by atoms with Crippen LogP contribution < -0.4 is 14.4 Å². The normalized spacial score (nSPS) is 13.3. The van der Waals surface area contributed by atoms with E-state index in [0.717, 1.165) is 36.4 Å². The number of hydrogen-bond acceptors (Lipinski definition) is 6. The number of ether oxygens (including phenoxy) is 2. The average Bonchev–Trinajstić information content (AvgIpc) is 3.17. The molecule has 1 aliphatic rings. The lowest BCUT2D eigenvalue weighted by Crippen LogP contribution is -2.28. The molecule has 4 rings (SSSR count). The smallest absolute Gasteiger partial charge is 0.246 e. The molecule has 0 saturated heterocycles. The van der Waals surface area contributed by atoms with Gasteiger partial charge in [-0.25, -0.2) is 0 Å². The van der Waals surface area contributed by atoms with Gasteiger partial charge in [0, 0.05) is 12.2 Å². The van der Waals surface area contributed by atoms with E-state index in [2.05, 4.69) is 27.2 Å². The highest BCUT2D eigenvalue weighted by atomic mass is 16.5. The van der Waals surface area contributed by atoms with E-state index in [1.165, 1.54) is 11.3 Å². The standard InChI is InChI=1S/C21H23N3O3/c1-3-26-19-9-5-4-8-17(19)21-22-20(27-23-21)14-24-12-6-7-15-13-16(25-2)10-11-18(15)24/h4-5,8-11,13H,3,6-7,12,14H2,1-2H3. The maximum Gasteiger partial charge on any atom is 0.246 e. The van der Waals surface area contributed by atoms with Gasteiger partial charge < -0.3 is 18.9 Å². The first kappa shape index (κ1) is 17.4. The van der Waals surface area contributed by atoms with Crippen LogP contribution in [0.25, 0.3) is 11.4 Å². The highest BCUT2D eigenvalue weighted by Crippen LogP contribution is 2.32. The summed E-state index contributed by atoms with van der Waals surface area (Å²) in [5.41, 5.74) is 3.34. The largest absolute Gasteiger partial charge is 0.497 e. The molecule has 1 aromatic heterocycles. The van der Waals surface area contributed by atoms with Crippen molar-refractivity contribution >= 4 is 5.69 Å². The molecule has 0 unspecified atom stereocenters. The molecule has 0 amide bonds. The van der Waals surface area contributed by atoms with Crippen LogP contribution in [0.4, 0.5) is 5.69 Å². The first-order valence-corrected chi connectivity index (χ1v) is 9.25. The number of methoxy groups -OCH3 is 1. The van der Waals surface area contributed by atoms with Gasteiger partial charge in [-0.2, -0.15) is 4.98 Å². The summed E-state index contributed by atoms with van der Waals surface area (Å²) in [4.78, 5) is 6.88. The van der Waals surface area contributed by atoms with E-state index in [0.29, 0.717) is 24.9 Å². The van der Waals surface area contributed by atoms with E-state index in [1.807, 2.05) is 37.3 Å². The zero-order chi connectivity index (χ0) is 18.6. The van der Waals surface area contributed by atoms with Crippen molar-refractivity contribution in [3.63, 3.8) is 0 Å². The van der Waals surface area contributed by atoms with Crippen LogP contribution in [0, 0.1) is 0 Å². The minimum Gasteiger partial charge on any atom is -0.497 e. The molecule has 3 aromatic rings. The van der Waals surface area contributed by atoms with E-state index in [1.54, 1.807) is 7.11 Å². The highest BCUT2D eigenvalue weighted by molar-refractivity contribution is 5.63. The summed E-state index contributed by atoms with van der Waals surface area (Å²) in [5, 5.41) is 4.17. The predicted molar refractivity (Wildman–Crippen MR) is 103 cm³/mol. The maximum absolute atomic E-state index is 5.67. The molecular formula is C21H23N3O3. The van der Waals surface area contributed by atoms with Crippen LogP contribution in [-0.4, -0.2) is 30.4 Å². The summed E-state index contributed by atoms with van der Waals surface area (Å²) in [6, 6.07) is 14.0. The van der Waals surface area contributed by atoms with Crippen LogP contribution in [0.5, 0.6) is 11.5 Å². The highest BCUT2D eigenvalue weighted by Gasteiger charge is 2.21. The summed E-state index contributed by atoms with van der Waals surface area (Å²) in [6.07, 6.45) is 2.15. The van der Waals surface area contributed by atoms with Crippen LogP contribution in [0.15, 0.2) is 47.0 Å². The Hall–Kier alpha value is -3.02. The Morgan fingerprint density at radius 1 is 1.19 bits per heavy atom. The molecule has 27 heavy (non-hydrogen) atoms. The Morgan fingerprint density at radius 3 is 2.93 bits per heavy atom. The number of benzene rings is 2. The molecule has 2 aromatic carbocycles. The minimum atomic E-state index is 0.556. The molecule has 140 valence electrons. The summed E-state index contributed by atoms with van der Waals surface area (Å²) in [5.74, 6) is 2.81. The van der Waals surface area contributed by atoms with Crippen LogP contribution in [0.1, 0.15) is 24.8 Å². The number of aromatic nitrogens is 2. The second-order valence-corrected chi connectivity index (χ2v) is 6.46. The molecule has 0 radical (unpaired) electrons. The number of aryl methyl sites for hydroxylation is 1. The number of rotatable bonds is 6.